The highest BCUT2D eigenvalue weighted by Crippen LogP contribution is 2.19. The van der Waals surface area contributed by atoms with Gasteiger partial charge in [-0.1, -0.05) is 13.8 Å². The lowest BCUT2D eigenvalue weighted by atomic mass is 10.1. The Morgan fingerprint density at radius 1 is 1.50 bits per heavy atom. The molecule has 0 radical (unpaired) electrons. The summed E-state index contributed by atoms with van der Waals surface area (Å²) in [5.41, 5.74) is 2.03. The van der Waals surface area contributed by atoms with Gasteiger partial charge in [0.2, 0.25) is 0 Å². The molecule has 0 saturated carbocycles. The van der Waals surface area contributed by atoms with E-state index in [1.54, 1.807) is 23.0 Å². The summed E-state index contributed by atoms with van der Waals surface area (Å²) < 4.78 is 1.64. The van der Waals surface area contributed by atoms with Crippen molar-refractivity contribution in [1.29, 1.82) is 0 Å². The molecule has 0 N–H and O–H groups in total. The van der Waals surface area contributed by atoms with Crippen molar-refractivity contribution >= 4 is 11.9 Å². The molecule has 2 aromatic heterocycles. The molecule has 0 bridgehead atoms. The quantitative estimate of drug-likeness (QED) is 0.675. The van der Waals surface area contributed by atoms with Crippen molar-refractivity contribution in [2.24, 2.45) is 0 Å². The molecular formula is C10H11N3O. The van der Waals surface area contributed by atoms with Crippen molar-refractivity contribution < 1.29 is 4.79 Å². The van der Waals surface area contributed by atoms with Gasteiger partial charge in [-0.2, -0.15) is 5.10 Å². The van der Waals surface area contributed by atoms with E-state index in [2.05, 4.69) is 10.1 Å². The van der Waals surface area contributed by atoms with Gasteiger partial charge < -0.3 is 0 Å². The van der Waals surface area contributed by atoms with E-state index >= 15 is 0 Å². The zero-order valence-electron chi connectivity index (χ0n) is 8.14. The SMILES string of the molecule is CC(C)c1nn2cccnc2c1C=O. The van der Waals surface area contributed by atoms with Gasteiger partial charge in [0, 0.05) is 12.4 Å². The zero-order chi connectivity index (χ0) is 10.1. The third-order valence-corrected chi connectivity index (χ3v) is 2.12. The van der Waals surface area contributed by atoms with E-state index in [1.165, 1.54) is 0 Å². The van der Waals surface area contributed by atoms with Gasteiger partial charge in [0.15, 0.2) is 11.9 Å². The Balaban J connectivity index is 2.78. The average Bonchev–Trinajstić information content (AvgIpc) is 2.56. The second-order valence-corrected chi connectivity index (χ2v) is 3.46. The molecule has 0 atom stereocenters. The Morgan fingerprint density at radius 3 is 2.93 bits per heavy atom. The van der Waals surface area contributed by atoms with E-state index in [0.717, 1.165) is 12.0 Å². The standard InChI is InChI=1S/C10H11N3O/c1-7(2)9-8(6-14)10-11-4-3-5-13(10)12-9/h3-7H,1-2H3. The van der Waals surface area contributed by atoms with Crippen LogP contribution in [0.1, 0.15) is 35.8 Å². The maximum Gasteiger partial charge on any atom is 0.165 e. The van der Waals surface area contributed by atoms with Crippen molar-refractivity contribution in [1.82, 2.24) is 14.6 Å². The second kappa shape index (κ2) is 3.21. The molecule has 0 unspecified atom stereocenters. The Morgan fingerprint density at radius 2 is 2.29 bits per heavy atom. The van der Waals surface area contributed by atoms with Crippen LogP contribution in [0.25, 0.3) is 5.65 Å². The fourth-order valence-corrected chi connectivity index (χ4v) is 1.46. The lowest BCUT2D eigenvalue weighted by Crippen LogP contribution is -1.92. The molecule has 72 valence electrons. The second-order valence-electron chi connectivity index (χ2n) is 3.46. The first-order chi connectivity index (χ1) is 6.74. The molecule has 0 aliphatic heterocycles. The third-order valence-electron chi connectivity index (χ3n) is 2.12. The fraction of sp³-hybridized carbons (Fsp3) is 0.300. The molecule has 2 aromatic rings. The van der Waals surface area contributed by atoms with Crippen LogP contribution >= 0.6 is 0 Å². The van der Waals surface area contributed by atoms with Crippen molar-refractivity contribution in [2.75, 3.05) is 0 Å². The topological polar surface area (TPSA) is 47.3 Å². The zero-order valence-corrected chi connectivity index (χ0v) is 8.14. The van der Waals surface area contributed by atoms with Crippen molar-refractivity contribution in [3.05, 3.63) is 29.7 Å². The van der Waals surface area contributed by atoms with Gasteiger partial charge in [0.05, 0.1) is 11.3 Å². The molecule has 2 rings (SSSR count). The van der Waals surface area contributed by atoms with E-state index < -0.39 is 0 Å². The minimum absolute atomic E-state index is 0.233. The highest BCUT2D eigenvalue weighted by molar-refractivity contribution is 5.86. The minimum atomic E-state index is 0.233. The molecule has 0 saturated heterocycles. The average molecular weight is 189 g/mol. The van der Waals surface area contributed by atoms with Crippen LogP contribution in [0.15, 0.2) is 18.5 Å². The van der Waals surface area contributed by atoms with Gasteiger partial charge >= 0.3 is 0 Å². The van der Waals surface area contributed by atoms with Crippen LogP contribution in [0.5, 0.6) is 0 Å². The van der Waals surface area contributed by atoms with E-state index in [4.69, 9.17) is 0 Å². The summed E-state index contributed by atoms with van der Waals surface area (Å²) in [6.45, 7) is 4.02. The Kier molecular flexibility index (Phi) is 2.04. The maximum atomic E-state index is 10.9. The smallest absolute Gasteiger partial charge is 0.165 e. The first-order valence-corrected chi connectivity index (χ1v) is 4.52. The summed E-state index contributed by atoms with van der Waals surface area (Å²) in [5.74, 6) is 0.233. The first kappa shape index (κ1) is 8.87. The summed E-state index contributed by atoms with van der Waals surface area (Å²) in [6.07, 6.45) is 4.28. The molecular weight excluding hydrogens is 178 g/mol. The van der Waals surface area contributed by atoms with Gasteiger partial charge in [-0.05, 0) is 12.0 Å². The minimum Gasteiger partial charge on any atom is -0.298 e. The van der Waals surface area contributed by atoms with Gasteiger partial charge in [0.1, 0.15) is 0 Å². The van der Waals surface area contributed by atoms with E-state index in [-0.39, 0.29) is 5.92 Å². The number of aromatic nitrogens is 3. The molecule has 4 heteroatoms. The van der Waals surface area contributed by atoms with Crippen LogP contribution in [-0.2, 0) is 0 Å². The molecule has 2 heterocycles. The van der Waals surface area contributed by atoms with Crippen LogP contribution in [0.2, 0.25) is 0 Å². The predicted molar refractivity (Wildman–Crippen MR) is 52.5 cm³/mol. The number of nitrogens with zero attached hydrogens (tertiary/aromatic N) is 3. The molecule has 0 aromatic carbocycles. The number of hydrogen-bond donors (Lipinski definition) is 0. The molecule has 0 aliphatic carbocycles. The summed E-state index contributed by atoms with van der Waals surface area (Å²) >= 11 is 0. The Bertz CT molecular complexity index is 473. The largest absolute Gasteiger partial charge is 0.298 e. The Hall–Kier alpha value is -1.71. The summed E-state index contributed by atoms with van der Waals surface area (Å²) in [5, 5.41) is 4.31. The number of rotatable bonds is 2. The van der Waals surface area contributed by atoms with E-state index in [1.807, 2.05) is 13.8 Å². The van der Waals surface area contributed by atoms with Crippen molar-refractivity contribution in [2.45, 2.75) is 19.8 Å². The summed E-state index contributed by atoms with van der Waals surface area (Å²) in [7, 11) is 0. The normalized spacial score (nSPS) is 11.1. The van der Waals surface area contributed by atoms with Gasteiger partial charge in [-0.15, -0.1) is 0 Å². The summed E-state index contributed by atoms with van der Waals surface area (Å²) in [6, 6.07) is 1.79. The maximum absolute atomic E-state index is 10.9. The number of hydrogen-bond acceptors (Lipinski definition) is 3. The summed E-state index contributed by atoms with van der Waals surface area (Å²) in [4.78, 5) is 15.0. The van der Waals surface area contributed by atoms with Gasteiger partial charge in [0.25, 0.3) is 0 Å². The number of carbonyl (C=O) groups excluding carboxylic acids is 1. The van der Waals surface area contributed by atoms with Crippen molar-refractivity contribution in [3.63, 3.8) is 0 Å². The highest BCUT2D eigenvalue weighted by Gasteiger charge is 2.14. The molecule has 0 fully saturated rings. The van der Waals surface area contributed by atoms with Crippen LogP contribution in [-0.4, -0.2) is 20.9 Å². The number of aldehydes is 1. The highest BCUT2D eigenvalue weighted by atomic mass is 16.1. The third kappa shape index (κ3) is 1.19. The molecule has 14 heavy (non-hydrogen) atoms. The van der Waals surface area contributed by atoms with Crippen LogP contribution < -0.4 is 0 Å². The monoisotopic (exact) mass is 189 g/mol. The van der Waals surface area contributed by atoms with Crippen LogP contribution in [0, 0.1) is 0 Å². The lowest BCUT2D eigenvalue weighted by molar-refractivity contribution is 0.112. The van der Waals surface area contributed by atoms with Gasteiger partial charge in [-0.25, -0.2) is 9.50 Å². The van der Waals surface area contributed by atoms with Gasteiger partial charge in [-0.3, -0.25) is 4.79 Å². The Labute approximate surface area is 81.6 Å². The molecule has 0 spiro atoms. The van der Waals surface area contributed by atoms with E-state index in [9.17, 15) is 4.79 Å². The van der Waals surface area contributed by atoms with Crippen LogP contribution in [0.4, 0.5) is 0 Å². The fourth-order valence-electron chi connectivity index (χ4n) is 1.46. The number of fused-ring (bicyclic) bond motifs is 1. The molecule has 4 nitrogen and oxygen atoms in total. The lowest BCUT2D eigenvalue weighted by Gasteiger charge is -1.97. The van der Waals surface area contributed by atoms with E-state index in [0.29, 0.717) is 11.2 Å². The number of carbonyl (C=O) groups is 1. The molecule has 0 aliphatic rings. The predicted octanol–water partition coefficient (Wildman–Crippen LogP) is 1.67. The molecule has 0 amide bonds. The van der Waals surface area contributed by atoms with Crippen LogP contribution in [0.3, 0.4) is 0 Å². The van der Waals surface area contributed by atoms with Crippen molar-refractivity contribution in [3.8, 4) is 0 Å². The first-order valence-electron chi connectivity index (χ1n) is 4.52.